The van der Waals surface area contributed by atoms with Crippen LogP contribution in [-0.2, 0) is 14.4 Å². The summed E-state index contributed by atoms with van der Waals surface area (Å²) in [6, 6.07) is -1.85. The molecule has 5 N–H and O–H groups in total. The van der Waals surface area contributed by atoms with Gasteiger partial charge in [-0.15, -0.1) is 0 Å². The van der Waals surface area contributed by atoms with E-state index in [0.29, 0.717) is 4.90 Å². The van der Waals surface area contributed by atoms with Crippen LogP contribution in [0, 0.1) is 0 Å². The number of amides is 7. The van der Waals surface area contributed by atoms with Gasteiger partial charge >= 0.3 is 12.1 Å². The number of rotatable bonds is 0. The fourth-order valence-electron chi connectivity index (χ4n) is 0.706. The van der Waals surface area contributed by atoms with Crippen LogP contribution in [0.5, 0.6) is 0 Å². The third-order valence-electron chi connectivity index (χ3n) is 1.15. The van der Waals surface area contributed by atoms with Crippen LogP contribution < -0.4 is 16.8 Å². The van der Waals surface area contributed by atoms with Crippen molar-refractivity contribution in [3.63, 3.8) is 0 Å². The molecule has 0 bridgehead atoms. The SMILES string of the molecule is CC(=O)N(C(C)=O)C(N)=O.CC(=O)NC(N)=O. The molecule has 0 aliphatic carbocycles. The van der Waals surface area contributed by atoms with E-state index >= 15 is 0 Å². The standard InChI is InChI=1S/C5H8N2O3.C3H6N2O2/c1-3(8)7(4(2)9)5(6)10;1-2(6)5-3(4)7/h1-2H3,(H2,6,10);1H3,(H3,4,5,6,7). The van der Waals surface area contributed by atoms with Crippen LogP contribution in [0.25, 0.3) is 0 Å². The number of nitrogens with two attached hydrogens (primary N) is 2. The third-order valence-corrected chi connectivity index (χ3v) is 1.15. The van der Waals surface area contributed by atoms with Crippen molar-refractivity contribution in [3.8, 4) is 0 Å². The molecule has 0 rings (SSSR count). The Bertz CT molecular complexity index is 307. The Morgan fingerprint density at radius 3 is 1.24 bits per heavy atom. The molecule has 0 aromatic carbocycles. The number of hydrogen-bond donors (Lipinski definition) is 3. The van der Waals surface area contributed by atoms with E-state index in [2.05, 4.69) is 11.5 Å². The van der Waals surface area contributed by atoms with Crippen molar-refractivity contribution in [2.24, 2.45) is 11.5 Å². The highest BCUT2D eigenvalue weighted by Crippen LogP contribution is 1.88. The molecule has 0 aromatic rings. The molecule has 0 aromatic heterocycles. The second-order valence-electron chi connectivity index (χ2n) is 2.76. The number of hydrogen-bond acceptors (Lipinski definition) is 5. The maximum absolute atomic E-state index is 10.4. The van der Waals surface area contributed by atoms with Crippen molar-refractivity contribution in [1.82, 2.24) is 10.2 Å². The van der Waals surface area contributed by atoms with Crippen molar-refractivity contribution < 1.29 is 24.0 Å². The molecule has 0 aliphatic heterocycles. The largest absolute Gasteiger partial charge is 0.351 e. The predicted octanol–water partition coefficient (Wildman–Crippen LogP) is -1.34. The molecule has 0 fully saturated rings. The zero-order valence-electron chi connectivity index (χ0n) is 9.64. The maximum atomic E-state index is 10.4. The van der Waals surface area contributed by atoms with Crippen LogP contribution in [0.15, 0.2) is 0 Å². The van der Waals surface area contributed by atoms with Gasteiger partial charge in [0.25, 0.3) is 0 Å². The Hall–Kier alpha value is -2.45. The molecule has 9 heteroatoms. The molecule has 0 saturated carbocycles. The second kappa shape index (κ2) is 7.79. The maximum Gasteiger partial charge on any atom is 0.328 e. The molecule has 0 unspecified atom stereocenters. The summed E-state index contributed by atoms with van der Waals surface area (Å²) in [5, 5.41) is 1.81. The van der Waals surface area contributed by atoms with E-state index in [1.54, 1.807) is 5.32 Å². The Morgan fingerprint density at radius 1 is 0.882 bits per heavy atom. The zero-order chi connectivity index (χ0) is 14.2. The number of urea groups is 2. The third kappa shape index (κ3) is 9.85. The lowest BCUT2D eigenvalue weighted by molar-refractivity contribution is -0.138. The molecule has 7 amide bonds. The van der Waals surface area contributed by atoms with Gasteiger partial charge in [-0.25, -0.2) is 14.5 Å². The van der Waals surface area contributed by atoms with Gasteiger partial charge in [-0.1, -0.05) is 0 Å². The molecule has 0 spiro atoms. The topological polar surface area (TPSA) is 153 Å². The van der Waals surface area contributed by atoms with Gasteiger partial charge in [-0.2, -0.15) is 0 Å². The van der Waals surface area contributed by atoms with Crippen LogP contribution in [0.4, 0.5) is 9.59 Å². The molecule has 9 nitrogen and oxygen atoms in total. The van der Waals surface area contributed by atoms with Gasteiger partial charge in [-0.3, -0.25) is 19.7 Å². The lowest BCUT2D eigenvalue weighted by atomic mass is 10.5. The van der Waals surface area contributed by atoms with Crippen molar-refractivity contribution in [1.29, 1.82) is 0 Å². The Labute approximate surface area is 97.1 Å². The minimum atomic E-state index is -1.04. The minimum absolute atomic E-state index is 0.361. The molecule has 0 saturated heterocycles. The van der Waals surface area contributed by atoms with E-state index < -0.39 is 29.8 Å². The number of imide groups is 4. The highest BCUT2D eigenvalue weighted by Gasteiger charge is 2.18. The molecular weight excluding hydrogens is 232 g/mol. The molecule has 0 heterocycles. The van der Waals surface area contributed by atoms with Crippen LogP contribution in [0.1, 0.15) is 20.8 Å². The molecule has 0 atom stereocenters. The van der Waals surface area contributed by atoms with Crippen LogP contribution in [-0.4, -0.2) is 34.7 Å². The molecule has 0 radical (unpaired) electrons. The Morgan fingerprint density at radius 2 is 1.24 bits per heavy atom. The smallest absolute Gasteiger partial charge is 0.328 e. The molecule has 96 valence electrons. The van der Waals surface area contributed by atoms with E-state index in [1.807, 2.05) is 0 Å². The lowest BCUT2D eigenvalue weighted by Gasteiger charge is -2.10. The summed E-state index contributed by atoms with van der Waals surface area (Å²) < 4.78 is 0. The lowest BCUT2D eigenvalue weighted by Crippen LogP contribution is -2.42. The summed E-state index contributed by atoms with van der Waals surface area (Å²) in [5.74, 6) is -1.77. The van der Waals surface area contributed by atoms with Gasteiger partial charge in [-0.05, 0) is 0 Å². The fourth-order valence-corrected chi connectivity index (χ4v) is 0.706. The second-order valence-corrected chi connectivity index (χ2v) is 2.76. The van der Waals surface area contributed by atoms with Crippen molar-refractivity contribution >= 4 is 29.8 Å². The number of primary amides is 2. The van der Waals surface area contributed by atoms with Gasteiger partial charge in [0.1, 0.15) is 0 Å². The van der Waals surface area contributed by atoms with Gasteiger partial charge in [0.2, 0.25) is 17.7 Å². The zero-order valence-corrected chi connectivity index (χ0v) is 9.64. The van der Waals surface area contributed by atoms with E-state index in [1.165, 1.54) is 6.92 Å². The van der Waals surface area contributed by atoms with E-state index in [0.717, 1.165) is 13.8 Å². The molecule has 0 aliphatic rings. The Balaban J connectivity index is 0. The minimum Gasteiger partial charge on any atom is -0.351 e. The quantitative estimate of drug-likeness (QED) is 0.482. The molecule has 17 heavy (non-hydrogen) atoms. The Kier molecular flexibility index (Phi) is 7.77. The normalized spacial score (nSPS) is 8.18. The van der Waals surface area contributed by atoms with Gasteiger partial charge in [0.05, 0.1) is 0 Å². The van der Waals surface area contributed by atoms with Crippen molar-refractivity contribution in [3.05, 3.63) is 0 Å². The summed E-state index contributed by atoms with van der Waals surface area (Å²) in [4.78, 5) is 51.1. The summed E-state index contributed by atoms with van der Waals surface area (Å²) in [6.45, 7) is 3.39. The van der Waals surface area contributed by atoms with Crippen molar-refractivity contribution in [2.45, 2.75) is 20.8 Å². The van der Waals surface area contributed by atoms with E-state index in [9.17, 15) is 24.0 Å². The first-order valence-corrected chi connectivity index (χ1v) is 4.27. The first kappa shape index (κ1) is 17.0. The average molecular weight is 246 g/mol. The van der Waals surface area contributed by atoms with Crippen LogP contribution in [0.3, 0.4) is 0 Å². The van der Waals surface area contributed by atoms with Crippen LogP contribution >= 0.6 is 0 Å². The number of carbonyl (C=O) groups excluding carboxylic acids is 5. The van der Waals surface area contributed by atoms with E-state index in [-0.39, 0.29) is 0 Å². The van der Waals surface area contributed by atoms with E-state index in [4.69, 9.17) is 0 Å². The number of nitrogens with one attached hydrogen (secondary N) is 1. The summed E-state index contributed by atoms with van der Waals surface area (Å²) in [6.07, 6.45) is 0. The first-order valence-electron chi connectivity index (χ1n) is 4.27. The summed E-state index contributed by atoms with van der Waals surface area (Å²) >= 11 is 0. The number of nitrogens with zero attached hydrogens (tertiary/aromatic N) is 1. The highest BCUT2D eigenvalue weighted by atomic mass is 16.2. The monoisotopic (exact) mass is 246 g/mol. The predicted molar refractivity (Wildman–Crippen MR) is 56.2 cm³/mol. The average Bonchev–Trinajstić information content (AvgIpc) is 1.97. The first-order chi connectivity index (χ1) is 7.59. The summed E-state index contributed by atoms with van der Waals surface area (Å²) in [7, 11) is 0. The van der Waals surface area contributed by atoms with Crippen LogP contribution in [0.2, 0.25) is 0 Å². The van der Waals surface area contributed by atoms with Gasteiger partial charge in [0, 0.05) is 20.8 Å². The van der Waals surface area contributed by atoms with Gasteiger partial charge in [0.15, 0.2) is 0 Å². The summed E-state index contributed by atoms with van der Waals surface area (Å²) in [5.41, 5.74) is 9.21. The molecular formula is C8H14N4O5. The number of carbonyl (C=O) groups is 5. The van der Waals surface area contributed by atoms with Gasteiger partial charge < -0.3 is 11.5 Å². The fraction of sp³-hybridized carbons (Fsp3) is 0.375. The highest BCUT2D eigenvalue weighted by molar-refractivity contribution is 6.08. The van der Waals surface area contributed by atoms with Crippen molar-refractivity contribution in [2.75, 3.05) is 0 Å².